The molecule has 30 heavy (non-hydrogen) atoms. The molecule has 1 aliphatic carbocycles. The average Bonchev–Trinajstić information content (AvgIpc) is 3.13. The van der Waals surface area contributed by atoms with Crippen LogP contribution in [-0.2, 0) is 24.2 Å². The summed E-state index contributed by atoms with van der Waals surface area (Å²) < 4.78 is 1.16. The Kier molecular flexibility index (Phi) is 6.18. The zero-order chi connectivity index (χ0) is 20.9. The van der Waals surface area contributed by atoms with Crippen molar-refractivity contribution in [3.05, 3.63) is 56.0 Å². The largest absolute Gasteiger partial charge is 0.279 e. The highest BCUT2D eigenvalue weighted by molar-refractivity contribution is 7.14. The fraction of sp³-hybridized carbons (Fsp3) is 0.381. The number of nitrogens with zero attached hydrogens (tertiary/aromatic N) is 3. The minimum absolute atomic E-state index is 0.00581. The highest BCUT2D eigenvalue weighted by Crippen LogP contribution is 2.28. The van der Waals surface area contributed by atoms with E-state index in [1.54, 1.807) is 24.3 Å². The molecule has 8 nitrogen and oxygen atoms in total. The molecule has 0 atom stereocenters. The zero-order valence-electron chi connectivity index (χ0n) is 16.5. The van der Waals surface area contributed by atoms with Gasteiger partial charge >= 0.3 is 0 Å². The van der Waals surface area contributed by atoms with Gasteiger partial charge in [-0.3, -0.25) is 25.2 Å². The Morgan fingerprint density at radius 1 is 1.07 bits per heavy atom. The minimum atomic E-state index is -0.403. The number of nitrogens with one attached hydrogen (secondary N) is 2. The Morgan fingerprint density at radius 2 is 1.87 bits per heavy atom. The number of carbonyl (C=O) groups excluding carboxylic acids is 2. The lowest BCUT2D eigenvalue weighted by Gasteiger charge is -2.07. The minimum Gasteiger partial charge on any atom is -0.273 e. The number of carbonyl (C=O) groups is 2. The van der Waals surface area contributed by atoms with Crippen LogP contribution < -0.4 is 16.4 Å². The molecule has 0 spiro atoms. The first kappa shape index (κ1) is 20.2. The lowest BCUT2D eigenvalue weighted by Crippen LogP contribution is -2.42. The van der Waals surface area contributed by atoms with Gasteiger partial charge in [-0.25, -0.2) is 4.68 Å². The van der Waals surface area contributed by atoms with E-state index in [9.17, 15) is 14.4 Å². The lowest BCUT2D eigenvalue weighted by molar-refractivity contribution is -0.122. The van der Waals surface area contributed by atoms with E-state index in [4.69, 9.17) is 0 Å². The van der Waals surface area contributed by atoms with Gasteiger partial charge in [-0.2, -0.15) is 0 Å². The van der Waals surface area contributed by atoms with Crippen LogP contribution in [-0.4, -0.2) is 26.8 Å². The van der Waals surface area contributed by atoms with Crippen LogP contribution in [0.2, 0.25) is 0 Å². The lowest BCUT2D eigenvalue weighted by atomic mass is 10.00. The van der Waals surface area contributed by atoms with Crippen molar-refractivity contribution < 1.29 is 9.59 Å². The van der Waals surface area contributed by atoms with Gasteiger partial charge in [0.05, 0.1) is 16.8 Å². The molecule has 0 saturated heterocycles. The van der Waals surface area contributed by atoms with Crippen LogP contribution in [0.25, 0.3) is 10.9 Å². The van der Waals surface area contributed by atoms with Crippen molar-refractivity contribution in [1.82, 2.24) is 25.8 Å². The van der Waals surface area contributed by atoms with Crippen molar-refractivity contribution in [2.75, 3.05) is 0 Å². The quantitative estimate of drug-likeness (QED) is 0.624. The number of aromatic nitrogens is 3. The number of fused-ring (bicyclic) bond motifs is 2. The molecule has 0 saturated carbocycles. The van der Waals surface area contributed by atoms with Crippen LogP contribution in [0.15, 0.2) is 35.1 Å². The molecule has 0 aliphatic heterocycles. The summed E-state index contributed by atoms with van der Waals surface area (Å²) in [6, 6.07) is 8.86. The van der Waals surface area contributed by atoms with E-state index in [1.807, 2.05) is 6.07 Å². The SMILES string of the molecule is O=C(CCn1nnc2ccccc2c1=O)NNC(=O)c1cc2c(s1)CCCCCC2. The Bertz CT molecular complexity index is 1110. The second-order valence-electron chi connectivity index (χ2n) is 7.36. The summed E-state index contributed by atoms with van der Waals surface area (Å²) in [5, 5.41) is 8.31. The third kappa shape index (κ3) is 4.56. The van der Waals surface area contributed by atoms with Gasteiger partial charge in [-0.1, -0.05) is 30.2 Å². The third-order valence-electron chi connectivity index (χ3n) is 5.22. The molecule has 3 aromatic rings. The predicted molar refractivity (Wildman–Crippen MR) is 114 cm³/mol. The molecule has 2 N–H and O–H groups in total. The molecule has 2 aromatic heterocycles. The molecule has 4 rings (SSSR count). The Balaban J connectivity index is 1.32. The van der Waals surface area contributed by atoms with Gasteiger partial charge in [-0.05, 0) is 49.4 Å². The number of hydrazine groups is 1. The van der Waals surface area contributed by atoms with Crippen LogP contribution in [0.5, 0.6) is 0 Å². The Labute approximate surface area is 177 Å². The van der Waals surface area contributed by atoms with Crippen LogP contribution in [0.4, 0.5) is 0 Å². The summed E-state index contributed by atoms with van der Waals surface area (Å²) in [6.45, 7) is 0.0751. The van der Waals surface area contributed by atoms with Crippen molar-refractivity contribution in [3.63, 3.8) is 0 Å². The van der Waals surface area contributed by atoms with Crippen LogP contribution >= 0.6 is 11.3 Å². The maximum Gasteiger partial charge on any atom is 0.279 e. The van der Waals surface area contributed by atoms with E-state index in [0.29, 0.717) is 15.8 Å². The summed E-state index contributed by atoms with van der Waals surface area (Å²) >= 11 is 1.50. The molecule has 0 unspecified atom stereocenters. The van der Waals surface area contributed by atoms with E-state index in [1.165, 1.54) is 34.6 Å². The third-order valence-corrected chi connectivity index (χ3v) is 6.45. The van der Waals surface area contributed by atoms with E-state index in [-0.39, 0.29) is 24.4 Å². The average molecular weight is 426 g/mol. The summed E-state index contributed by atoms with van der Waals surface area (Å²) in [5.74, 6) is -0.720. The van der Waals surface area contributed by atoms with E-state index in [2.05, 4.69) is 21.2 Å². The molecule has 2 heterocycles. The van der Waals surface area contributed by atoms with Crippen LogP contribution in [0.1, 0.15) is 52.2 Å². The number of rotatable bonds is 4. The van der Waals surface area contributed by atoms with E-state index < -0.39 is 5.91 Å². The zero-order valence-corrected chi connectivity index (χ0v) is 17.3. The van der Waals surface area contributed by atoms with Crippen molar-refractivity contribution in [2.24, 2.45) is 0 Å². The second-order valence-corrected chi connectivity index (χ2v) is 8.50. The fourth-order valence-corrected chi connectivity index (χ4v) is 4.73. The maximum atomic E-state index is 12.4. The van der Waals surface area contributed by atoms with Crippen LogP contribution in [0, 0.1) is 0 Å². The summed E-state index contributed by atoms with van der Waals surface area (Å²) in [4.78, 5) is 38.8. The molecular formula is C21H23N5O3S. The summed E-state index contributed by atoms with van der Waals surface area (Å²) in [6.07, 6.45) is 6.79. The molecule has 9 heteroatoms. The van der Waals surface area contributed by atoms with Crippen LogP contribution in [0.3, 0.4) is 0 Å². The highest BCUT2D eigenvalue weighted by atomic mass is 32.1. The number of thiophene rings is 1. The van der Waals surface area contributed by atoms with Gasteiger partial charge in [0, 0.05) is 11.3 Å². The standard InChI is InChI=1S/C21H23N5O3S/c27-19(11-12-26-21(29)15-8-5-6-9-16(15)22-25-26)23-24-20(28)18-13-14-7-3-1-2-4-10-17(14)30-18/h5-6,8-9,13H,1-4,7,10-12H2,(H,23,27)(H,24,28). The Morgan fingerprint density at radius 3 is 2.73 bits per heavy atom. The molecule has 1 aromatic carbocycles. The van der Waals surface area contributed by atoms with Crippen molar-refractivity contribution in [1.29, 1.82) is 0 Å². The molecule has 156 valence electrons. The normalized spacial score (nSPS) is 13.9. The number of hydrogen-bond donors (Lipinski definition) is 2. The van der Waals surface area contributed by atoms with Gasteiger partial charge in [0.1, 0.15) is 5.52 Å². The van der Waals surface area contributed by atoms with Gasteiger partial charge in [0.2, 0.25) is 5.91 Å². The molecule has 0 bridgehead atoms. The molecule has 1 aliphatic rings. The maximum absolute atomic E-state index is 12.4. The fourth-order valence-electron chi connectivity index (χ4n) is 3.58. The first-order chi connectivity index (χ1) is 14.6. The predicted octanol–water partition coefficient (Wildman–Crippen LogP) is 2.36. The number of aryl methyl sites for hydroxylation is 3. The number of amides is 2. The summed E-state index contributed by atoms with van der Waals surface area (Å²) in [7, 11) is 0. The van der Waals surface area contributed by atoms with Gasteiger partial charge < -0.3 is 0 Å². The molecule has 0 fully saturated rings. The van der Waals surface area contributed by atoms with E-state index >= 15 is 0 Å². The van der Waals surface area contributed by atoms with Crippen molar-refractivity contribution in [3.8, 4) is 0 Å². The highest BCUT2D eigenvalue weighted by Gasteiger charge is 2.16. The topological polar surface area (TPSA) is 106 Å². The molecule has 0 radical (unpaired) electrons. The Hall–Kier alpha value is -3.07. The van der Waals surface area contributed by atoms with E-state index in [0.717, 1.165) is 30.4 Å². The van der Waals surface area contributed by atoms with Gasteiger partial charge in [0.15, 0.2) is 0 Å². The van der Waals surface area contributed by atoms with Gasteiger partial charge in [-0.15, -0.1) is 16.4 Å². The van der Waals surface area contributed by atoms with Crippen molar-refractivity contribution >= 4 is 34.1 Å². The number of benzene rings is 1. The first-order valence-corrected chi connectivity index (χ1v) is 11.0. The monoisotopic (exact) mass is 425 g/mol. The first-order valence-electron chi connectivity index (χ1n) is 10.1. The molecular weight excluding hydrogens is 402 g/mol. The summed E-state index contributed by atoms with van der Waals surface area (Å²) in [5.41, 5.74) is 6.36. The molecule has 2 amide bonds. The number of hydrogen-bond acceptors (Lipinski definition) is 6. The van der Waals surface area contributed by atoms with Gasteiger partial charge in [0.25, 0.3) is 11.5 Å². The smallest absolute Gasteiger partial charge is 0.273 e. The second kappa shape index (κ2) is 9.17. The van der Waals surface area contributed by atoms with Crippen molar-refractivity contribution in [2.45, 2.75) is 51.5 Å².